The first kappa shape index (κ1) is 20.8. The summed E-state index contributed by atoms with van der Waals surface area (Å²) in [6, 6.07) is 4.06. The fourth-order valence-electron chi connectivity index (χ4n) is 4.07. The lowest BCUT2D eigenvalue weighted by molar-refractivity contribution is 0.407. The number of aryl methyl sites for hydroxylation is 1. The molecule has 32 heavy (non-hydrogen) atoms. The predicted molar refractivity (Wildman–Crippen MR) is 113 cm³/mol. The zero-order valence-corrected chi connectivity index (χ0v) is 18.7. The topological polar surface area (TPSA) is 154 Å². The lowest BCUT2D eigenvalue weighted by Crippen LogP contribution is -2.54. The lowest BCUT2D eigenvalue weighted by atomic mass is 10.1. The maximum Gasteiger partial charge on any atom is 0.286 e. The van der Waals surface area contributed by atoms with Gasteiger partial charge in [0.15, 0.2) is 5.65 Å². The standard InChI is InChI=1S/C19H23N9O3S/c1-11-7-27(8-12(2)21-11)15-6-14(32(29,30)26-19(10-20)4-5-19)9-28-16(15)23-24-17(28)18-25-22-13(3)31-18/h6,9,11-12,21,26H,4-5,7-8H2,1-3H3/t11-,12-/m0/s1. The van der Waals surface area contributed by atoms with Crippen LogP contribution in [0.1, 0.15) is 32.6 Å². The molecular weight excluding hydrogens is 434 g/mol. The molecule has 0 bridgehead atoms. The summed E-state index contributed by atoms with van der Waals surface area (Å²) in [5.74, 6) is 0.745. The molecule has 3 aromatic rings. The van der Waals surface area contributed by atoms with Crippen molar-refractivity contribution in [3.05, 3.63) is 18.2 Å². The van der Waals surface area contributed by atoms with Crippen LogP contribution in [0, 0.1) is 18.3 Å². The van der Waals surface area contributed by atoms with Gasteiger partial charge < -0.3 is 14.6 Å². The van der Waals surface area contributed by atoms with Crippen LogP contribution >= 0.6 is 0 Å². The highest BCUT2D eigenvalue weighted by molar-refractivity contribution is 7.89. The quantitative estimate of drug-likeness (QED) is 0.557. The summed E-state index contributed by atoms with van der Waals surface area (Å²) in [7, 11) is -3.98. The molecule has 5 rings (SSSR count). The Balaban J connectivity index is 1.68. The number of anilines is 1. The van der Waals surface area contributed by atoms with Gasteiger partial charge in [0.1, 0.15) is 10.4 Å². The summed E-state index contributed by atoms with van der Waals surface area (Å²) in [6.45, 7) is 7.14. The van der Waals surface area contributed by atoms with Crippen molar-refractivity contribution in [2.75, 3.05) is 18.0 Å². The summed E-state index contributed by atoms with van der Waals surface area (Å²) < 4.78 is 36.1. The molecule has 0 radical (unpaired) electrons. The normalized spacial score (nSPS) is 22.8. The van der Waals surface area contributed by atoms with Crippen molar-refractivity contribution >= 4 is 21.4 Å². The van der Waals surface area contributed by atoms with Crippen molar-refractivity contribution in [2.24, 2.45) is 0 Å². The molecule has 0 amide bonds. The van der Waals surface area contributed by atoms with Crippen LogP contribution in [-0.4, -0.2) is 63.9 Å². The van der Waals surface area contributed by atoms with Crippen molar-refractivity contribution in [3.8, 4) is 17.8 Å². The molecule has 1 saturated carbocycles. The molecule has 0 unspecified atom stereocenters. The first-order valence-electron chi connectivity index (χ1n) is 10.4. The first-order chi connectivity index (χ1) is 15.2. The first-order valence-corrected chi connectivity index (χ1v) is 11.8. The minimum absolute atomic E-state index is 0.0117. The third kappa shape index (κ3) is 3.60. The zero-order valence-electron chi connectivity index (χ0n) is 17.9. The van der Waals surface area contributed by atoms with E-state index >= 15 is 0 Å². The Morgan fingerprint density at radius 1 is 1.22 bits per heavy atom. The average Bonchev–Trinajstić information content (AvgIpc) is 3.15. The average molecular weight is 458 g/mol. The van der Waals surface area contributed by atoms with E-state index in [0.717, 1.165) is 0 Å². The highest BCUT2D eigenvalue weighted by Gasteiger charge is 2.47. The molecule has 2 fully saturated rings. The number of rotatable bonds is 5. The van der Waals surface area contributed by atoms with Crippen LogP contribution in [0.3, 0.4) is 0 Å². The summed E-state index contributed by atoms with van der Waals surface area (Å²) in [4.78, 5) is 2.10. The predicted octanol–water partition coefficient (Wildman–Crippen LogP) is 0.609. The zero-order chi connectivity index (χ0) is 22.7. The number of nitrogens with zero attached hydrogens (tertiary/aromatic N) is 7. The molecule has 4 heterocycles. The van der Waals surface area contributed by atoms with Gasteiger partial charge in [-0.3, -0.25) is 4.40 Å². The van der Waals surface area contributed by atoms with E-state index < -0.39 is 15.6 Å². The molecule has 0 spiro atoms. The van der Waals surface area contributed by atoms with Crippen molar-refractivity contribution in [1.82, 2.24) is 34.8 Å². The Labute approximate surface area is 184 Å². The number of pyridine rings is 1. The smallest absolute Gasteiger partial charge is 0.286 e. The fourth-order valence-corrected chi connectivity index (χ4v) is 5.46. The number of nitrogens with one attached hydrogen (secondary N) is 2. The van der Waals surface area contributed by atoms with Gasteiger partial charge in [-0.15, -0.1) is 20.4 Å². The number of hydrogen-bond acceptors (Lipinski definition) is 10. The second-order valence-electron chi connectivity index (χ2n) is 8.58. The van der Waals surface area contributed by atoms with Gasteiger partial charge in [0.25, 0.3) is 5.89 Å². The molecule has 1 saturated heterocycles. The highest BCUT2D eigenvalue weighted by atomic mass is 32.2. The van der Waals surface area contributed by atoms with Crippen molar-refractivity contribution in [1.29, 1.82) is 5.26 Å². The molecular formula is C19H23N9O3S. The van der Waals surface area contributed by atoms with Gasteiger partial charge in [-0.2, -0.15) is 9.98 Å². The van der Waals surface area contributed by atoms with E-state index in [0.29, 0.717) is 43.2 Å². The van der Waals surface area contributed by atoms with Crippen LogP contribution in [-0.2, 0) is 10.0 Å². The van der Waals surface area contributed by atoms with Gasteiger partial charge in [-0.05, 0) is 32.8 Å². The Bertz CT molecular complexity index is 1330. The summed E-state index contributed by atoms with van der Waals surface area (Å²) in [6.07, 6.45) is 2.41. The largest absolute Gasteiger partial charge is 0.418 e. The van der Waals surface area contributed by atoms with Gasteiger partial charge in [-0.25, -0.2) is 8.42 Å². The molecule has 1 aliphatic heterocycles. The van der Waals surface area contributed by atoms with E-state index in [2.05, 4.69) is 55.3 Å². The number of fused-ring (bicyclic) bond motifs is 1. The second kappa shape index (κ2) is 7.22. The van der Waals surface area contributed by atoms with Gasteiger partial charge in [0, 0.05) is 38.3 Å². The molecule has 2 N–H and O–H groups in total. The Kier molecular flexibility index (Phi) is 4.70. The Morgan fingerprint density at radius 2 is 1.94 bits per heavy atom. The summed E-state index contributed by atoms with van der Waals surface area (Å²) in [5, 5.41) is 29.2. The molecule has 0 aromatic carbocycles. The van der Waals surface area contributed by atoms with E-state index in [1.165, 1.54) is 6.20 Å². The number of hydrogen-bond donors (Lipinski definition) is 2. The number of nitriles is 1. The van der Waals surface area contributed by atoms with Crippen LogP contribution in [0.5, 0.6) is 0 Å². The van der Waals surface area contributed by atoms with Crippen LogP contribution in [0.15, 0.2) is 21.6 Å². The highest BCUT2D eigenvalue weighted by Crippen LogP contribution is 2.37. The fraction of sp³-hybridized carbons (Fsp3) is 0.526. The van der Waals surface area contributed by atoms with E-state index in [9.17, 15) is 13.7 Å². The SMILES string of the molecule is Cc1nnc(-c2nnc3c(N4C[C@H](C)N[C@@H](C)C4)cc(S(=O)(=O)NC4(C#N)CC4)cn23)o1. The number of piperazine rings is 1. The van der Waals surface area contributed by atoms with Crippen LogP contribution in [0.4, 0.5) is 5.69 Å². The van der Waals surface area contributed by atoms with Gasteiger partial charge in [0.05, 0.1) is 11.8 Å². The van der Waals surface area contributed by atoms with Crippen molar-refractivity contribution < 1.29 is 12.8 Å². The van der Waals surface area contributed by atoms with Crippen LogP contribution < -0.4 is 14.9 Å². The van der Waals surface area contributed by atoms with E-state index in [1.807, 2.05) is 0 Å². The summed E-state index contributed by atoms with van der Waals surface area (Å²) in [5.41, 5.74) is 0.0773. The monoisotopic (exact) mass is 457 g/mol. The molecule has 12 nitrogen and oxygen atoms in total. The molecule has 3 aromatic heterocycles. The molecule has 2 aliphatic rings. The lowest BCUT2D eigenvalue weighted by Gasteiger charge is -2.37. The third-order valence-corrected chi connectivity index (χ3v) is 7.18. The second-order valence-corrected chi connectivity index (χ2v) is 10.3. The number of aromatic nitrogens is 5. The van der Waals surface area contributed by atoms with Crippen molar-refractivity contribution in [3.63, 3.8) is 0 Å². The van der Waals surface area contributed by atoms with E-state index in [-0.39, 0.29) is 28.7 Å². The Hall–Kier alpha value is -3.08. The maximum atomic E-state index is 13.2. The van der Waals surface area contributed by atoms with E-state index in [4.69, 9.17) is 4.42 Å². The molecule has 13 heteroatoms. The molecule has 1 aliphatic carbocycles. The maximum absolute atomic E-state index is 13.2. The van der Waals surface area contributed by atoms with E-state index in [1.54, 1.807) is 17.4 Å². The molecule has 168 valence electrons. The minimum Gasteiger partial charge on any atom is -0.418 e. The Morgan fingerprint density at radius 3 is 2.53 bits per heavy atom. The van der Waals surface area contributed by atoms with Gasteiger partial charge in [0.2, 0.25) is 21.7 Å². The van der Waals surface area contributed by atoms with Crippen LogP contribution in [0.2, 0.25) is 0 Å². The van der Waals surface area contributed by atoms with Gasteiger partial charge >= 0.3 is 0 Å². The van der Waals surface area contributed by atoms with Crippen molar-refractivity contribution in [2.45, 2.75) is 56.1 Å². The number of sulfonamides is 1. The van der Waals surface area contributed by atoms with Crippen LogP contribution in [0.25, 0.3) is 17.4 Å². The third-order valence-electron chi connectivity index (χ3n) is 5.68. The molecule has 2 atom stereocenters. The summed E-state index contributed by atoms with van der Waals surface area (Å²) >= 11 is 0. The van der Waals surface area contributed by atoms with Gasteiger partial charge in [-0.1, -0.05) is 0 Å². The minimum atomic E-state index is -3.98.